The van der Waals surface area contributed by atoms with Gasteiger partial charge in [-0.2, -0.15) is 0 Å². The van der Waals surface area contributed by atoms with E-state index < -0.39 is 5.60 Å². The first-order valence-electron chi connectivity index (χ1n) is 12.5. The predicted octanol–water partition coefficient (Wildman–Crippen LogP) is 3.41. The Morgan fingerprint density at radius 2 is 1.81 bits per heavy atom. The average Bonchev–Trinajstić information content (AvgIpc) is 3.52. The van der Waals surface area contributed by atoms with E-state index in [4.69, 9.17) is 9.73 Å². The van der Waals surface area contributed by atoms with Gasteiger partial charge in [0.2, 0.25) is 0 Å². The lowest BCUT2D eigenvalue weighted by atomic mass is 9.99. The lowest BCUT2D eigenvalue weighted by Crippen LogP contribution is -2.52. The molecule has 1 unspecified atom stereocenters. The summed E-state index contributed by atoms with van der Waals surface area (Å²) >= 11 is 0. The molecule has 1 saturated carbocycles. The minimum Gasteiger partial charge on any atom is -0.444 e. The zero-order chi connectivity index (χ0) is 22.4. The van der Waals surface area contributed by atoms with Crippen molar-refractivity contribution in [3.05, 3.63) is 0 Å². The maximum absolute atomic E-state index is 12.9. The fraction of sp³-hybridized carbons (Fsp3) is 0.917. The third kappa shape index (κ3) is 7.85. The molecule has 0 radical (unpaired) electrons. The molecule has 2 saturated heterocycles. The predicted molar refractivity (Wildman–Crippen MR) is 126 cm³/mol. The van der Waals surface area contributed by atoms with Crippen LogP contribution in [0.3, 0.4) is 0 Å². The summed E-state index contributed by atoms with van der Waals surface area (Å²) in [6, 6.07) is 0.265. The van der Waals surface area contributed by atoms with Gasteiger partial charge in [-0.3, -0.25) is 4.99 Å². The van der Waals surface area contributed by atoms with E-state index in [0.29, 0.717) is 11.8 Å². The summed E-state index contributed by atoms with van der Waals surface area (Å²) in [6.45, 7) is 14.9. The van der Waals surface area contributed by atoms with E-state index in [0.717, 1.165) is 58.1 Å². The maximum Gasteiger partial charge on any atom is 0.410 e. The van der Waals surface area contributed by atoms with Gasteiger partial charge in [-0.15, -0.1) is 0 Å². The molecule has 3 rings (SSSR count). The Bertz CT molecular complexity index is 606. The van der Waals surface area contributed by atoms with Crippen molar-refractivity contribution in [3.8, 4) is 0 Å². The van der Waals surface area contributed by atoms with Crippen LogP contribution in [0.15, 0.2) is 4.99 Å². The summed E-state index contributed by atoms with van der Waals surface area (Å²) in [6.07, 6.45) is 6.85. The number of rotatable bonds is 6. The maximum atomic E-state index is 12.9. The first-order chi connectivity index (χ1) is 14.7. The number of carbonyl (C=O) groups is 1. The molecule has 0 aromatic rings. The molecule has 0 aromatic heterocycles. The number of guanidine groups is 1. The molecule has 0 aromatic carbocycles. The molecule has 178 valence electrons. The van der Waals surface area contributed by atoms with Gasteiger partial charge >= 0.3 is 6.09 Å². The topological polar surface area (TPSA) is 60.4 Å². The van der Waals surface area contributed by atoms with E-state index in [2.05, 4.69) is 29.1 Å². The van der Waals surface area contributed by atoms with Crippen molar-refractivity contribution in [1.29, 1.82) is 0 Å². The normalized spacial score (nSPS) is 24.2. The number of hydrogen-bond donors (Lipinski definition) is 1. The molecular formula is C24H45N5O2. The molecule has 3 aliphatic rings. The Kier molecular flexibility index (Phi) is 8.48. The van der Waals surface area contributed by atoms with Crippen molar-refractivity contribution in [2.75, 3.05) is 52.9 Å². The highest BCUT2D eigenvalue weighted by Crippen LogP contribution is 2.32. The molecule has 1 aliphatic carbocycles. The zero-order valence-electron chi connectivity index (χ0n) is 20.5. The highest BCUT2D eigenvalue weighted by molar-refractivity contribution is 5.80. The number of likely N-dealkylation sites (tertiary alicyclic amines) is 2. The second-order valence-electron chi connectivity index (χ2n) is 10.8. The molecule has 1 N–H and O–H groups in total. The number of hydrogen-bond acceptors (Lipinski definition) is 4. The van der Waals surface area contributed by atoms with Gasteiger partial charge in [0.1, 0.15) is 5.60 Å². The van der Waals surface area contributed by atoms with E-state index in [-0.39, 0.29) is 12.1 Å². The molecule has 0 spiro atoms. The number of nitrogens with one attached hydrogen (secondary N) is 1. The molecule has 2 aliphatic heterocycles. The third-order valence-electron chi connectivity index (χ3n) is 6.54. The monoisotopic (exact) mass is 435 g/mol. The summed E-state index contributed by atoms with van der Waals surface area (Å²) in [5.74, 6) is 2.37. The Hall–Kier alpha value is -1.50. The highest BCUT2D eigenvalue weighted by atomic mass is 16.6. The SMILES string of the molecule is CCNC(=NCC1CCCN(C)C1)N1CCC(N(CC2CC2)C(=O)OC(C)(C)C)CC1. The standard InChI is InChI=1S/C24H45N5O2/c1-6-25-22(26-16-20-8-7-13-27(5)17-20)28-14-11-21(12-15-28)29(18-19-9-10-19)23(30)31-24(2,3)4/h19-21H,6-18H2,1-5H3,(H,25,26). The molecule has 7 heteroatoms. The van der Waals surface area contributed by atoms with E-state index in [1.807, 2.05) is 25.7 Å². The first-order valence-corrected chi connectivity index (χ1v) is 12.5. The summed E-state index contributed by atoms with van der Waals surface area (Å²) in [5, 5.41) is 3.50. The smallest absolute Gasteiger partial charge is 0.410 e. The van der Waals surface area contributed by atoms with Crippen LogP contribution in [0.1, 0.15) is 66.2 Å². The number of amides is 1. The summed E-state index contributed by atoms with van der Waals surface area (Å²) in [7, 11) is 2.21. The van der Waals surface area contributed by atoms with Crippen LogP contribution in [0.5, 0.6) is 0 Å². The number of carbonyl (C=O) groups excluding carboxylic acids is 1. The first kappa shape index (κ1) is 24.1. The van der Waals surface area contributed by atoms with E-state index in [9.17, 15) is 4.79 Å². The van der Waals surface area contributed by atoms with Gasteiger partial charge < -0.3 is 24.8 Å². The molecule has 3 fully saturated rings. The molecule has 1 amide bonds. The molecular weight excluding hydrogens is 390 g/mol. The average molecular weight is 436 g/mol. The van der Waals surface area contributed by atoms with Crippen molar-refractivity contribution < 1.29 is 9.53 Å². The summed E-state index contributed by atoms with van der Waals surface area (Å²) in [5.41, 5.74) is -0.447. The van der Waals surface area contributed by atoms with Crippen LogP contribution in [-0.4, -0.2) is 91.3 Å². The van der Waals surface area contributed by atoms with Crippen molar-refractivity contribution in [2.45, 2.75) is 77.9 Å². The van der Waals surface area contributed by atoms with Crippen LogP contribution in [0.4, 0.5) is 4.79 Å². The van der Waals surface area contributed by atoms with Crippen molar-refractivity contribution in [1.82, 2.24) is 20.0 Å². The number of ether oxygens (including phenoxy) is 1. The fourth-order valence-electron chi connectivity index (χ4n) is 4.72. The fourth-order valence-corrected chi connectivity index (χ4v) is 4.72. The second-order valence-corrected chi connectivity index (χ2v) is 10.8. The van der Waals surface area contributed by atoms with Crippen molar-refractivity contribution in [3.63, 3.8) is 0 Å². The van der Waals surface area contributed by atoms with E-state index in [1.165, 1.54) is 32.2 Å². The van der Waals surface area contributed by atoms with E-state index in [1.54, 1.807) is 0 Å². The van der Waals surface area contributed by atoms with Crippen LogP contribution in [-0.2, 0) is 4.74 Å². The Morgan fingerprint density at radius 3 is 2.39 bits per heavy atom. The van der Waals surface area contributed by atoms with Crippen molar-refractivity contribution >= 4 is 12.1 Å². The van der Waals surface area contributed by atoms with Gasteiger partial charge in [-0.05, 0) is 91.6 Å². The molecule has 2 heterocycles. The summed E-state index contributed by atoms with van der Waals surface area (Å²) in [4.78, 5) is 24.7. The van der Waals surface area contributed by atoms with Gasteiger partial charge in [-0.1, -0.05) is 0 Å². The van der Waals surface area contributed by atoms with E-state index >= 15 is 0 Å². The van der Waals surface area contributed by atoms with Crippen LogP contribution in [0.2, 0.25) is 0 Å². The highest BCUT2D eigenvalue weighted by Gasteiger charge is 2.35. The van der Waals surface area contributed by atoms with Gasteiger partial charge in [0.25, 0.3) is 0 Å². The Morgan fingerprint density at radius 1 is 1.10 bits per heavy atom. The Labute approximate surface area is 189 Å². The molecule has 7 nitrogen and oxygen atoms in total. The van der Waals surface area contributed by atoms with Gasteiger partial charge in [-0.25, -0.2) is 4.79 Å². The minimum absolute atomic E-state index is 0.139. The second kappa shape index (κ2) is 10.9. The quantitative estimate of drug-likeness (QED) is 0.512. The van der Waals surface area contributed by atoms with Crippen LogP contribution in [0.25, 0.3) is 0 Å². The van der Waals surface area contributed by atoms with Gasteiger partial charge in [0.15, 0.2) is 5.96 Å². The number of piperidine rings is 2. The zero-order valence-corrected chi connectivity index (χ0v) is 20.5. The lowest BCUT2D eigenvalue weighted by molar-refractivity contribution is 0.00928. The molecule has 1 atom stereocenters. The van der Waals surface area contributed by atoms with Crippen LogP contribution >= 0.6 is 0 Å². The van der Waals surface area contributed by atoms with Crippen molar-refractivity contribution in [2.24, 2.45) is 16.8 Å². The lowest BCUT2D eigenvalue weighted by Gasteiger charge is -2.40. The number of nitrogens with zero attached hydrogens (tertiary/aromatic N) is 4. The minimum atomic E-state index is -0.447. The van der Waals surface area contributed by atoms with Crippen LogP contribution < -0.4 is 5.32 Å². The number of aliphatic imine (C=N–C) groups is 1. The molecule has 0 bridgehead atoms. The van der Waals surface area contributed by atoms with Gasteiger partial charge in [0, 0.05) is 45.3 Å². The molecule has 31 heavy (non-hydrogen) atoms. The Balaban J connectivity index is 1.56. The largest absolute Gasteiger partial charge is 0.444 e. The van der Waals surface area contributed by atoms with Crippen LogP contribution in [0, 0.1) is 11.8 Å². The third-order valence-corrected chi connectivity index (χ3v) is 6.54. The summed E-state index contributed by atoms with van der Waals surface area (Å²) < 4.78 is 5.74. The van der Waals surface area contributed by atoms with Gasteiger partial charge in [0.05, 0.1) is 0 Å².